The summed E-state index contributed by atoms with van der Waals surface area (Å²) in [6, 6.07) is 9.84. The number of hydrogen-bond acceptors (Lipinski definition) is 5. The molecule has 0 aliphatic carbocycles. The molecule has 3 aromatic rings. The van der Waals surface area contributed by atoms with E-state index in [1.165, 1.54) is 0 Å². The van der Waals surface area contributed by atoms with Crippen molar-refractivity contribution in [2.24, 2.45) is 0 Å². The van der Waals surface area contributed by atoms with Crippen molar-refractivity contribution in [2.45, 2.75) is 38.0 Å². The molecule has 3 aromatic heterocycles. The molecule has 0 radical (unpaired) electrons. The Morgan fingerprint density at radius 2 is 2.29 bits per heavy atom. The van der Waals surface area contributed by atoms with Crippen LogP contribution in [0.2, 0.25) is 0 Å². The van der Waals surface area contributed by atoms with E-state index in [4.69, 9.17) is 8.83 Å². The molecule has 0 aromatic carbocycles. The van der Waals surface area contributed by atoms with Crippen molar-refractivity contribution < 1.29 is 13.9 Å². The predicted molar refractivity (Wildman–Crippen MR) is 88.0 cm³/mol. The summed E-state index contributed by atoms with van der Waals surface area (Å²) >= 11 is 0. The van der Waals surface area contributed by atoms with E-state index in [2.05, 4.69) is 15.1 Å². The smallest absolute Gasteiger partial charge is 0.152 e. The maximum Gasteiger partial charge on any atom is 0.152 e. The fourth-order valence-electron chi connectivity index (χ4n) is 3.43. The first-order valence-corrected chi connectivity index (χ1v) is 8.33. The van der Waals surface area contributed by atoms with E-state index in [0.717, 1.165) is 43.1 Å². The molecule has 2 unspecified atom stereocenters. The zero-order valence-electron chi connectivity index (χ0n) is 13.4. The number of hydrogen-bond donors (Lipinski definition) is 2. The Hall–Kier alpha value is -2.31. The van der Waals surface area contributed by atoms with E-state index in [0.29, 0.717) is 18.2 Å². The molecule has 2 N–H and O–H groups in total. The number of aliphatic hydroxyl groups is 1. The van der Waals surface area contributed by atoms with E-state index in [1.54, 1.807) is 12.5 Å². The van der Waals surface area contributed by atoms with Crippen molar-refractivity contribution in [3.8, 4) is 11.5 Å². The van der Waals surface area contributed by atoms with Crippen LogP contribution in [-0.4, -0.2) is 32.8 Å². The number of likely N-dealkylation sites (tertiary alicyclic amines) is 1. The summed E-state index contributed by atoms with van der Waals surface area (Å²) in [5.74, 6) is 2.37. The number of aromatic amines is 1. The Labute approximate surface area is 140 Å². The van der Waals surface area contributed by atoms with Gasteiger partial charge in [-0.15, -0.1) is 0 Å². The summed E-state index contributed by atoms with van der Waals surface area (Å²) in [5, 5.41) is 17.2. The van der Waals surface area contributed by atoms with Gasteiger partial charge in [-0.05, 0) is 56.1 Å². The van der Waals surface area contributed by atoms with Gasteiger partial charge in [0.05, 0.1) is 12.8 Å². The molecule has 0 amide bonds. The minimum Gasteiger partial charge on any atom is -0.467 e. The van der Waals surface area contributed by atoms with Gasteiger partial charge in [0, 0.05) is 12.2 Å². The number of rotatable bonds is 6. The van der Waals surface area contributed by atoms with Crippen LogP contribution >= 0.6 is 0 Å². The summed E-state index contributed by atoms with van der Waals surface area (Å²) < 4.78 is 11.2. The van der Waals surface area contributed by atoms with E-state index < -0.39 is 6.10 Å². The van der Waals surface area contributed by atoms with Crippen molar-refractivity contribution in [1.29, 1.82) is 0 Å². The quantitative estimate of drug-likeness (QED) is 0.726. The van der Waals surface area contributed by atoms with Crippen LogP contribution in [0.15, 0.2) is 51.6 Å². The summed E-state index contributed by atoms with van der Waals surface area (Å²) in [6.45, 7) is 1.78. The molecule has 1 saturated heterocycles. The van der Waals surface area contributed by atoms with Crippen LogP contribution < -0.4 is 0 Å². The van der Waals surface area contributed by atoms with Gasteiger partial charge in [-0.25, -0.2) is 0 Å². The lowest BCUT2D eigenvalue weighted by atomic mass is 10.1. The standard InChI is InChI=1S/C18H21N3O3/c22-16(18-4-2-10-23-18)11-13-3-1-9-21(13)12-14-5-6-17(24-14)15-7-8-19-20-15/h2,4-8,10,13,16,22H,1,3,9,11-12H2,(H,19,20). The summed E-state index contributed by atoms with van der Waals surface area (Å²) in [7, 11) is 0. The first-order valence-electron chi connectivity index (χ1n) is 8.33. The number of H-pyrrole nitrogens is 1. The molecule has 126 valence electrons. The molecule has 24 heavy (non-hydrogen) atoms. The number of aliphatic hydroxyl groups excluding tert-OH is 1. The molecule has 1 aliphatic heterocycles. The van der Waals surface area contributed by atoms with Gasteiger partial charge in [-0.2, -0.15) is 5.10 Å². The summed E-state index contributed by atoms with van der Waals surface area (Å²) in [6.07, 6.45) is 5.68. The zero-order chi connectivity index (χ0) is 16.4. The monoisotopic (exact) mass is 327 g/mol. The second-order valence-corrected chi connectivity index (χ2v) is 6.27. The molecule has 0 spiro atoms. The van der Waals surface area contributed by atoms with Gasteiger partial charge in [0.25, 0.3) is 0 Å². The first-order chi connectivity index (χ1) is 11.8. The normalized spacial score (nSPS) is 19.8. The van der Waals surface area contributed by atoms with Crippen molar-refractivity contribution in [3.05, 3.63) is 54.3 Å². The fourth-order valence-corrected chi connectivity index (χ4v) is 3.43. The highest BCUT2D eigenvalue weighted by molar-refractivity contribution is 5.51. The SMILES string of the molecule is OC(CC1CCCN1Cc1ccc(-c2ccn[nH]2)o1)c1ccco1. The Morgan fingerprint density at radius 1 is 1.33 bits per heavy atom. The van der Waals surface area contributed by atoms with Crippen molar-refractivity contribution in [3.63, 3.8) is 0 Å². The number of nitrogens with one attached hydrogen (secondary N) is 1. The number of nitrogens with zero attached hydrogens (tertiary/aromatic N) is 2. The van der Waals surface area contributed by atoms with E-state index in [1.807, 2.05) is 30.3 Å². The molecule has 6 nitrogen and oxygen atoms in total. The fraction of sp³-hybridized carbons (Fsp3) is 0.389. The summed E-state index contributed by atoms with van der Waals surface area (Å²) in [4.78, 5) is 2.38. The largest absolute Gasteiger partial charge is 0.467 e. The molecule has 0 bridgehead atoms. The predicted octanol–water partition coefficient (Wildman–Crippen LogP) is 3.35. The van der Waals surface area contributed by atoms with Crippen molar-refractivity contribution in [1.82, 2.24) is 15.1 Å². The molecule has 4 rings (SSSR count). The van der Waals surface area contributed by atoms with Crippen molar-refractivity contribution >= 4 is 0 Å². The maximum absolute atomic E-state index is 10.3. The first kappa shape index (κ1) is 15.2. The molecule has 6 heteroatoms. The van der Waals surface area contributed by atoms with Crippen LogP contribution in [0, 0.1) is 0 Å². The van der Waals surface area contributed by atoms with E-state index in [9.17, 15) is 5.11 Å². The third kappa shape index (κ3) is 3.16. The highest BCUT2D eigenvalue weighted by Gasteiger charge is 2.28. The Morgan fingerprint density at radius 3 is 3.08 bits per heavy atom. The average Bonchev–Trinajstić information content (AvgIpc) is 3.37. The second kappa shape index (κ2) is 6.67. The minimum atomic E-state index is -0.553. The van der Waals surface area contributed by atoms with Gasteiger partial charge in [-0.3, -0.25) is 10.00 Å². The molecule has 1 fully saturated rings. The molecule has 2 atom stereocenters. The van der Waals surface area contributed by atoms with Crippen LogP contribution in [0.3, 0.4) is 0 Å². The van der Waals surface area contributed by atoms with Gasteiger partial charge in [-0.1, -0.05) is 0 Å². The zero-order valence-corrected chi connectivity index (χ0v) is 13.4. The van der Waals surface area contributed by atoms with Gasteiger partial charge in [0.2, 0.25) is 0 Å². The highest BCUT2D eigenvalue weighted by Crippen LogP contribution is 2.29. The molecular formula is C18H21N3O3. The van der Waals surface area contributed by atoms with E-state index in [-0.39, 0.29) is 0 Å². The average molecular weight is 327 g/mol. The Bertz CT molecular complexity index is 748. The van der Waals surface area contributed by atoms with Crippen LogP contribution in [0.25, 0.3) is 11.5 Å². The lowest BCUT2D eigenvalue weighted by molar-refractivity contribution is 0.0972. The van der Waals surface area contributed by atoms with Crippen molar-refractivity contribution in [2.75, 3.05) is 6.54 Å². The topological polar surface area (TPSA) is 78.4 Å². The lowest BCUT2D eigenvalue weighted by Crippen LogP contribution is -2.30. The van der Waals surface area contributed by atoms with Gasteiger partial charge < -0.3 is 13.9 Å². The van der Waals surface area contributed by atoms with Crippen LogP contribution in [0.5, 0.6) is 0 Å². The lowest BCUT2D eigenvalue weighted by Gasteiger charge is -2.25. The number of aromatic nitrogens is 2. The van der Waals surface area contributed by atoms with E-state index >= 15 is 0 Å². The molecule has 1 aliphatic rings. The second-order valence-electron chi connectivity index (χ2n) is 6.27. The molecule has 4 heterocycles. The van der Waals surface area contributed by atoms with Crippen LogP contribution in [0.4, 0.5) is 0 Å². The number of furan rings is 2. The van der Waals surface area contributed by atoms with Crippen LogP contribution in [0.1, 0.15) is 36.9 Å². The maximum atomic E-state index is 10.3. The van der Waals surface area contributed by atoms with Gasteiger partial charge >= 0.3 is 0 Å². The Kier molecular flexibility index (Phi) is 4.23. The summed E-state index contributed by atoms with van der Waals surface area (Å²) in [5.41, 5.74) is 0.882. The molecular weight excluding hydrogens is 306 g/mol. The Balaban J connectivity index is 1.40. The van der Waals surface area contributed by atoms with Crippen LogP contribution in [-0.2, 0) is 6.54 Å². The minimum absolute atomic E-state index is 0.339. The third-order valence-corrected chi connectivity index (χ3v) is 4.65. The third-order valence-electron chi connectivity index (χ3n) is 4.65. The van der Waals surface area contributed by atoms with Gasteiger partial charge in [0.15, 0.2) is 5.76 Å². The molecule has 0 saturated carbocycles. The highest BCUT2D eigenvalue weighted by atomic mass is 16.4. The van der Waals surface area contributed by atoms with Gasteiger partial charge in [0.1, 0.15) is 23.3 Å².